The zero-order chi connectivity index (χ0) is 16.8. The molecule has 9 heteroatoms. The highest BCUT2D eigenvalue weighted by Crippen LogP contribution is 2.27. The Morgan fingerprint density at radius 3 is 2.48 bits per heavy atom. The molecule has 122 valence electrons. The Kier molecular flexibility index (Phi) is 5.39. The smallest absolute Gasteiger partial charge is 0.411 e. The first-order valence-corrected chi connectivity index (χ1v) is 7.39. The van der Waals surface area contributed by atoms with Crippen molar-refractivity contribution >= 4 is 28.5 Å². The first-order chi connectivity index (χ1) is 11.0. The van der Waals surface area contributed by atoms with Crippen molar-refractivity contribution in [1.82, 2.24) is 0 Å². The minimum Gasteiger partial charge on any atom is -0.508 e. The molecule has 0 radical (unpaired) electrons. The topological polar surface area (TPSA) is 117 Å². The van der Waals surface area contributed by atoms with Crippen molar-refractivity contribution in [2.24, 2.45) is 0 Å². The summed E-state index contributed by atoms with van der Waals surface area (Å²) in [7, 11) is 1.19. The van der Waals surface area contributed by atoms with E-state index in [4.69, 9.17) is 4.28 Å². The SMILES string of the molecule is COC(=O)Nc1cc(NOS(=O)c2ccc(O)cc2)ccc1O. The average Bonchev–Trinajstić information content (AvgIpc) is 2.55. The fraction of sp³-hybridized carbons (Fsp3) is 0.0714. The van der Waals surface area contributed by atoms with Gasteiger partial charge in [0.1, 0.15) is 11.5 Å². The molecule has 2 aromatic rings. The summed E-state index contributed by atoms with van der Waals surface area (Å²) in [6, 6.07) is 9.83. The Labute approximate surface area is 134 Å². The number of benzene rings is 2. The average molecular weight is 338 g/mol. The Bertz CT molecular complexity index is 720. The number of hydrogen-bond donors (Lipinski definition) is 4. The number of aromatic hydroxyl groups is 2. The fourth-order valence-electron chi connectivity index (χ4n) is 1.55. The molecular formula is C14H14N2O6S. The molecule has 0 fully saturated rings. The van der Waals surface area contributed by atoms with Crippen molar-refractivity contribution in [2.75, 3.05) is 17.9 Å². The van der Waals surface area contributed by atoms with Crippen molar-refractivity contribution in [3.05, 3.63) is 42.5 Å². The van der Waals surface area contributed by atoms with Crippen LogP contribution in [0.2, 0.25) is 0 Å². The lowest BCUT2D eigenvalue weighted by Gasteiger charge is -2.10. The Hall–Kier alpha value is -2.78. The van der Waals surface area contributed by atoms with Crippen molar-refractivity contribution in [3.8, 4) is 11.5 Å². The van der Waals surface area contributed by atoms with E-state index in [1.54, 1.807) is 0 Å². The van der Waals surface area contributed by atoms with Gasteiger partial charge in [-0.1, -0.05) is 0 Å². The molecule has 0 aliphatic carbocycles. The molecule has 23 heavy (non-hydrogen) atoms. The molecule has 8 nitrogen and oxygen atoms in total. The number of amides is 1. The third kappa shape index (κ3) is 4.59. The van der Waals surface area contributed by atoms with Crippen molar-refractivity contribution in [3.63, 3.8) is 0 Å². The highest BCUT2D eigenvalue weighted by Gasteiger charge is 2.09. The monoisotopic (exact) mass is 338 g/mol. The minimum atomic E-state index is -1.81. The maximum atomic E-state index is 11.9. The molecule has 2 rings (SSSR count). The number of ether oxygens (including phenoxy) is 1. The summed E-state index contributed by atoms with van der Waals surface area (Å²) in [4.78, 5) is 11.5. The zero-order valence-corrected chi connectivity index (χ0v) is 12.8. The summed E-state index contributed by atoms with van der Waals surface area (Å²) in [5, 5.41) is 21.1. The quantitative estimate of drug-likeness (QED) is 0.375. The van der Waals surface area contributed by atoms with Gasteiger partial charge in [0.15, 0.2) is 0 Å². The van der Waals surface area contributed by atoms with Crippen LogP contribution in [0, 0.1) is 0 Å². The van der Waals surface area contributed by atoms with Crippen LogP contribution in [-0.2, 0) is 20.1 Å². The van der Waals surface area contributed by atoms with Gasteiger partial charge < -0.3 is 14.9 Å². The van der Waals surface area contributed by atoms with E-state index in [0.29, 0.717) is 10.6 Å². The number of carbonyl (C=O) groups excluding carboxylic acids is 1. The molecular weight excluding hydrogens is 324 g/mol. The van der Waals surface area contributed by atoms with Gasteiger partial charge in [0.2, 0.25) is 11.1 Å². The molecule has 0 aliphatic heterocycles. The van der Waals surface area contributed by atoms with Gasteiger partial charge in [0.25, 0.3) is 0 Å². The lowest BCUT2D eigenvalue weighted by Crippen LogP contribution is -2.11. The Balaban J connectivity index is 2.02. The third-order valence-electron chi connectivity index (χ3n) is 2.68. The van der Waals surface area contributed by atoms with Crippen LogP contribution in [0.4, 0.5) is 16.2 Å². The van der Waals surface area contributed by atoms with Crippen LogP contribution >= 0.6 is 0 Å². The maximum Gasteiger partial charge on any atom is 0.411 e. The van der Waals surface area contributed by atoms with Crippen LogP contribution in [-0.4, -0.2) is 27.6 Å². The molecule has 0 aliphatic rings. The first kappa shape index (κ1) is 16.6. The lowest BCUT2D eigenvalue weighted by molar-refractivity contribution is 0.187. The number of anilines is 2. The van der Waals surface area contributed by atoms with Gasteiger partial charge in [-0.25, -0.2) is 9.00 Å². The standard InChI is InChI=1S/C14H14N2O6S/c1-21-14(19)15-12-8-9(2-7-13(12)18)16-22-23(20)11-5-3-10(17)4-6-11/h2-8,16-18H,1H3,(H,15,19). The van der Waals surface area contributed by atoms with Crippen molar-refractivity contribution < 1.29 is 28.2 Å². The molecule has 2 aromatic carbocycles. The second-order valence-corrected chi connectivity index (χ2v) is 5.37. The number of rotatable bonds is 5. The van der Waals surface area contributed by atoms with Gasteiger partial charge in [0.05, 0.1) is 23.4 Å². The highest BCUT2D eigenvalue weighted by atomic mass is 32.2. The van der Waals surface area contributed by atoms with Crippen LogP contribution in [0.15, 0.2) is 47.4 Å². The summed E-state index contributed by atoms with van der Waals surface area (Å²) < 4.78 is 21.3. The molecule has 0 aromatic heterocycles. The van der Waals surface area contributed by atoms with Gasteiger partial charge in [-0.05, 0) is 42.5 Å². The summed E-state index contributed by atoms with van der Waals surface area (Å²) in [5.41, 5.74) is 2.90. The third-order valence-corrected chi connectivity index (χ3v) is 3.57. The largest absolute Gasteiger partial charge is 0.508 e. The predicted molar refractivity (Wildman–Crippen MR) is 83.4 cm³/mol. The van der Waals surface area contributed by atoms with E-state index >= 15 is 0 Å². The van der Waals surface area contributed by atoms with E-state index in [-0.39, 0.29) is 17.2 Å². The van der Waals surface area contributed by atoms with Crippen molar-refractivity contribution in [1.29, 1.82) is 0 Å². The van der Waals surface area contributed by atoms with Crippen LogP contribution < -0.4 is 10.8 Å². The number of methoxy groups -OCH3 is 1. The molecule has 0 saturated heterocycles. The van der Waals surface area contributed by atoms with E-state index < -0.39 is 17.2 Å². The van der Waals surface area contributed by atoms with E-state index in [2.05, 4.69) is 15.5 Å². The number of carbonyl (C=O) groups is 1. The second kappa shape index (κ2) is 7.47. The highest BCUT2D eigenvalue weighted by molar-refractivity contribution is 7.80. The van der Waals surface area contributed by atoms with E-state index in [9.17, 15) is 19.2 Å². The number of phenolic OH excluding ortho intramolecular Hbond substituents is 2. The molecule has 1 atom stereocenters. The van der Waals surface area contributed by atoms with Gasteiger partial charge in [-0.15, -0.1) is 0 Å². The molecule has 0 saturated carbocycles. The molecule has 0 bridgehead atoms. The van der Waals surface area contributed by atoms with Crippen molar-refractivity contribution in [2.45, 2.75) is 4.90 Å². The Morgan fingerprint density at radius 2 is 1.83 bits per heavy atom. The van der Waals surface area contributed by atoms with Crippen LogP contribution in [0.3, 0.4) is 0 Å². The normalized spacial score (nSPS) is 11.5. The second-order valence-electron chi connectivity index (χ2n) is 4.26. The van der Waals surface area contributed by atoms with Gasteiger partial charge in [-0.3, -0.25) is 10.8 Å². The minimum absolute atomic E-state index is 0.0516. The van der Waals surface area contributed by atoms with Gasteiger partial charge >= 0.3 is 6.09 Å². The van der Waals surface area contributed by atoms with Crippen LogP contribution in [0.5, 0.6) is 11.5 Å². The molecule has 0 heterocycles. The van der Waals surface area contributed by atoms with E-state index in [0.717, 1.165) is 0 Å². The van der Waals surface area contributed by atoms with Crippen LogP contribution in [0.25, 0.3) is 0 Å². The number of hydrogen-bond acceptors (Lipinski definition) is 7. The summed E-state index contributed by atoms with van der Waals surface area (Å²) >= 11 is -1.81. The zero-order valence-electron chi connectivity index (χ0n) is 12.0. The van der Waals surface area contributed by atoms with E-state index in [1.165, 1.54) is 49.6 Å². The maximum absolute atomic E-state index is 11.9. The molecule has 0 spiro atoms. The van der Waals surface area contributed by atoms with Gasteiger partial charge in [0, 0.05) is 0 Å². The summed E-state index contributed by atoms with van der Waals surface area (Å²) in [6.07, 6.45) is -0.744. The molecule has 1 amide bonds. The van der Waals surface area contributed by atoms with Gasteiger partial charge in [-0.2, -0.15) is 4.28 Å². The fourth-order valence-corrected chi connectivity index (χ4v) is 2.18. The summed E-state index contributed by atoms with van der Waals surface area (Å²) in [5.74, 6) is -0.114. The molecule has 1 unspecified atom stereocenters. The molecule has 4 N–H and O–H groups in total. The summed E-state index contributed by atoms with van der Waals surface area (Å²) in [6.45, 7) is 0. The number of phenols is 2. The first-order valence-electron chi connectivity index (χ1n) is 6.31. The van der Waals surface area contributed by atoms with E-state index in [1.807, 2.05) is 0 Å². The lowest BCUT2D eigenvalue weighted by atomic mass is 10.2. The predicted octanol–water partition coefficient (Wildman–Crippen LogP) is 2.34. The Morgan fingerprint density at radius 1 is 1.13 bits per heavy atom. The number of nitrogens with one attached hydrogen (secondary N) is 2. The van der Waals surface area contributed by atoms with Crippen LogP contribution in [0.1, 0.15) is 0 Å².